The molecule has 0 radical (unpaired) electrons. The standard InChI is InChI=1S/C20H22ClN3O5/c1-28-17(29-2)12-23-9-10-24-16(20(23)27)8-7-15(19(24)26)18(25)22-11-13-3-5-14(21)6-4-13/h3-8,17H,9-12H2,1-2H3,(H,22,25). The molecule has 0 unspecified atom stereocenters. The second-order valence-electron chi connectivity index (χ2n) is 6.55. The summed E-state index contributed by atoms with van der Waals surface area (Å²) in [6, 6.07) is 9.93. The number of halogens is 1. The molecule has 1 aromatic heterocycles. The topological polar surface area (TPSA) is 89.9 Å². The number of aromatic nitrogens is 1. The van der Waals surface area contributed by atoms with Crippen molar-refractivity contribution in [1.29, 1.82) is 0 Å². The Morgan fingerprint density at radius 1 is 1.10 bits per heavy atom. The summed E-state index contributed by atoms with van der Waals surface area (Å²) in [5.74, 6) is -0.797. The highest BCUT2D eigenvalue weighted by Crippen LogP contribution is 2.13. The molecule has 0 spiro atoms. The molecule has 2 aromatic rings. The third-order valence-corrected chi connectivity index (χ3v) is 5.03. The number of methoxy groups -OCH3 is 2. The van der Waals surface area contributed by atoms with Gasteiger partial charge in [0.1, 0.15) is 11.3 Å². The predicted octanol–water partition coefficient (Wildman–Crippen LogP) is 1.51. The molecular formula is C20H22ClN3O5. The molecule has 0 saturated heterocycles. The monoisotopic (exact) mass is 419 g/mol. The van der Waals surface area contributed by atoms with E-state index in [0.717, 1.165) is 5.56 Å². The van der Waals surface area contributed by atoms with Crippen LogP contribution in [-0.2, 0) is 22.6 Å². The highest BCUT2D eigenvalue weighted by Gasteiger charge is 2.28. The second kappa shape index (κ2) is 9.21. The van der Waals surface area contributed by atoms with Crippen molar-refractivity contribution in [1.82, 2.24) is 14.8 Å². The van der Waals surface area contributed by atoms with Gasteiger partial charge < -0.3 is 24.3 Å². The minimum absolute atomic E-state index is 0.00405. The van der Waals surface area contributed by atoms with Crippen LogP contribution in [0, 0.1) is 0 Å². The number of rotatable bonds is 7. The molecule has 3 rings (SSSR count). The zero-order valence-electron chi connectivity index (χ0n) is 16.2. The van der Waals surface area contributed by atoms with Crippen molar-refractivity contribution in [3.63, 3.8) is 0 Å². The number of benzene rings is 1. The molecule has 0 fully saturated rings. The molecule has 0 bridgehead atoms. The van der Waals surface area contributed by atoms with Crippen molar-refractivity contribution in [2.75, 3.05) is 27.3 Å². The largest absolute Gasteiger partial charge is 0.354 e. The molecule has 154 valence electrons. The van der Waals surface area contributed by atoms with Gasteiger partial charge in [-0.05, 0) is 29.8 Å². The third kappa shape index (κ3) is 4.67. The SMILES string of the molecule is COC(CN1CCn2c(ccc(C(=O)NCc3ccc(Cl)cc3)c2=O)C1=O)OC. The molecule has 1 N–H and O–H groups in total. The highest BCUT2D eigenvalue weighted by atomic mass is 35.5. The van der Waals surface area contributed by atoms with Gasteiger partial charge in [0.05, 0.1) is 6.54 Å². The van der Waals surface area contributed by atoms with Crippen molar-refractivity contribution in [2.45, 2.75) is 19.4 Å². The molecule has 0 saturated carbocycles. The van der Waals surface area contributed by atoms with E-state index in [9.17, 15) is 14.4 Å². The van der Waals surface area contributed by atoms with Crippen LogP contribution < -0.4 is 10.9 Å². The highest BCUT2D eigenvalue weighted by molar-refractivity contribution is 6.30. The van der Waals surface area contributed by atoms with Crippen LogP contribution in [0.15, 0.2) is 41.2 Å². The van der Waals surface area contributed by atoms with Crippen molar-refractivity contribution in [3.8, 4) is 0 Å². The first-order valence-electron chi connectivity index (χ1n) is 9.06. The maximum absolute atomic E-state index is 12.8. The lowest BCUT2D eigenvalue weighted by Crippen LogP contribution is -2.48. The van der Waals surface area contributed by atoms with Gasteiger partial charge in [0.2, 0.25) is 0 Å². The Labute approximate surface area is 173 Å². The van der Waals surface area contributed by atoms with E-state index in [1.165, 1.54) is 30.9 Å². The summed E-state index contributed by atoms with van der Waals surface area (Å²) in [6.45, 7) is 1.13. The molecule has 1 aromatic carbocycles. The van der Waals surface area contributed by atoms with E-state index >= 15 is 0 Å². The maximum atomic E-state index is 12.8. The summed E-state index contributed by atoms with van der Waals surface area (Å²) in [5.41, 5.74) is 0.605. The Kier molecular flexibility index (Phi) is 6.68. The maximum Gasteiger partial charge on any atom is 0.270 e. The summed E-state index contributed by atoms with van der Waals surface area (Å²) in [6.07, 6.45) is -0.546. The first-order chi connectivity index (χ1) is 13.9. The molecular weight excluding hydrogens is 398 g/mol. The minimum Gasteiger partial charge on any atom is -0.354 e. The van der Waals surface area contributed by atoms with E-state index in [1.807, 2.05) is 0 Å². The summed E-state index contributed by atoms with van der Waals surface area (Å²) < 4.78 is 11.6. The third-order valence-electron chi connectivity index (χ3n) is 4.78. The number of fused-ring (bicyclic) bond motifs is 1. The van der Waals surface area contributed by atoms with E-state index in [2.05, 4.69) is 5.32 Å². The molecule has 0 atom stereocenters. The molecule has 0 aliphatic carbocycles. The van der Waals surface area contributed by atoms with Gasteiger partial charge in [-0.15, -0.1) is 0 Å². The van der Waals surface area contributed by atoms with Crippen molar-refractivity contribution < 1.29 is 19.1 Å². The van der Waals surface area contributed by atoms with E-state index in [4.69, 9.17) is 21.1 Å². The quantitative estimate of drug-likeness (QED) is 0.687. The number of hydrogen-bond acceptors (Lipinski definition) is 5. The van der Waals surface area contributed by atoms with Crippen LogP contribution >= 0.6 is 11.6 Å². The Morgan fingerprint density at radius 2 is 1.79 bits per heavy atom. The van der Waals surface area contributed by atoms with Crippen LogP contribution in [0.3, 0.4) is 0 Å². The van der Waals surface area contributed by atoms with Crippen molar-refractivity contribution >= 4 is 23.4 Å². The number of nitrogens with zero attached hydrogens (tertiary/aromatic N) is 2. The van der Waals surface area contributed by atoms with Crippen LogP contribution in [0.1, 0.15) is 26.4 Å². The van der Waals surface area contributed by atoms with Gasteiger partial charge in [-0.2, -0.15) is 0 Å². The molecule has 8 nitrogen and oxygen atoms in total. The van der Waals surface area contributed by atoms with E-state index < -0.39 is 17.8 Å². The molecule has 2 heterocycles. The van der Waals surface area contributed by atoms with E-state index in [-0.39, 0.29) is 30.3 Å². The van der Waals surface area contributed by atoms with E-state index in [1.54, 1.807) is 29.2 Å². The van der Waals surface area contributed by atoms with Crippen LogP contribution in [0.4, 0.5) is 0 Å². The van der Waals surface area contributed by atoms with Gasteiger partial charge in [0.25, 0.3) is 17.4 Å². The number of hydrogen-bond donors (Lipinski definition) is 1. The summed E-state index contributed by atoms with van der Waals surface area (Å²) >= 11 is 5.85. The van der Waals surface area contributed by atoms with Gasteiger partial charge >= 0.3 is 0 Å². The number of amides is 2. The Bertz CT molecular complexity index is 954. The van der Waals surface area contributed by atoms with Crippen LogP contribution in [0.25, 0.3) is 0 Å². The fourth-order valence-electron chi connectivity index (χ4n) is 3.12. The normalized spacial score (nSPS) is 13.5. The van der Waals surface area contributed by atoms with Gasteiger partial charge in [-0.3, -0.25) is 14.4 Å². The summed E-state index contributed by atoms with van der Waals surface area (Å²) in [7, 11) is 2.99. The first kappa shape index (κ1) is 21.0. The lowest BCUT2D eigenvalue weighted by molar-refractivity contribution is -0.112. The fraction of sp³-hybridized carbons (Fsp3) is 0.350. The molecule has 1 aliphatic heterocycles. The van der Waals surface area contributed by atoms with Crippen LogP contribution in [-0.4, -0.2) is 54.9 Å². The molecule has 9 heteroatoms. The number of nitrogens with one attached hydrogen (secondary N) is 1. The Morgan fingerprint density at radius 3 is 2.45 bits per heavy atom. The Hall–Kier alpha value is -2.68. The molecule has 29 heavy (non-hydrogen) atoms. The summed E-state index contributed by atoms with van der Waals surface area (Å²) in [5, 5.41) is 3.33. The number of carbonyl (C=O) groups is 2. The molecule has 2 amide bonds. The fourth-order valence-corrected chi connectivity index (χ4v) is 3.25. The van der Waals surface area contributed by atoms with Crippen LogP contribution in [0.2, 0.25) is 5.02 Å². The van der Waals surface area contributed by atoms with Gasteiger partial charge in [0, 0.05) is 38.9 Å². The van der Waals surface area contributed by atoms with Crippen LogP contribution in [0.5, 0.6) is 0 Å². The average molecular weight is 420 g/mol. The number of ether oxygens (including phenoxy) is 2. The van der Waals surface area contributed by atoms with E-state index in [0.29, 0.717) is 18.1 Å². The summed E-state index contributed by atoms with van der Waals surface area (Å²) in [4.78, 5) is 39.5. The lowest BCUT2D eigenvalue weighted by Gasteiger charge is -2.31. The van der Waals surface area contributed by atoms with Crippen molar-refractivity contribution in [2.24, 2.45) is 0 Å². The van der Waals surface area contributed by atoms with Gasteiger partial charge in [-0.1, -0.05) is 23.7 Å². The van der Waals surface area contributed by atoms with Crippen molar-refractivity contribution in [3.05, 3.63) is 68.6 Å². The Balaban J connectivity index is 1.74. The predicted molar refractivity (Wildman–Crippen MR) is 107 cm³/mol. The van der Waals surface area contributed by atoms with Gasteiger partial charge in [0.15, 0.2) is 6.29 Å². The number of carbonyl (C=O) groups excluding carboxylic acids is 2. The molecule has 1 aliphatic rings. The zero-order valence-corrected chi connectivity index (χ0v) is 16.9. The van der Waals surface area contributed by atoms with Gasteiger partial charge in [-0.25, -0.2) is 0 Å². The minimum atomic E-state index is -0.546. The zero-order chi connectivity index (χ0) is 21.0. The second-order valence-corrected chi connectivity index (χ2v) is 6.99. The number of pyridine rings is 1. The lowest BCUT2D eigenvalue weighted by atomic mass is 10.1. The smallest absolute Gasteiger partial charge is 0.270 e. The first-order valence-corrected chi connectivity index (χ1v) is 9.43. The average Bonchev–Trinajstić information content (AvgIpc) is 2.73.